The van der Waals surface area contributed by atoms with E-state index in [4.69, 9.17) is 11.6 Å². The van der Waals surface area contributed by atoms with Gasteiger partial charge in [0.2, 0.25) is 0 Å². The Morgan fingerprint density at radius 2 is 1.78 bits per heavy atom. The molecule has 1 atom stereocenters. The molecule has 1 saturated heterocycles. The lowest BCUT2D eigenvalue weighted by Crippen LogP contribution is -2.33. The van der Waals surface area contributed by atoms with Crippen molar-refractivity contribution in [2.45, 2.75) is 51.5 Å². The highest BCUT2D eigenvalue weighted by Gasteiger charge is 2.21. The topological polar surface area (TPSA) is 3.24 Å². The van der Waals surface area contributed by atoms with Crippen LogP contribution >= 0.6 is 11.6 Å². The molecule has 1 aromatic carbocycles. The maximum atomic E-state index is 5.99. The van der Waals surface area contributed by atoms with Gasteiger partial charge in [0.1, 0.15) is 0 Å². The Balaban J connectivity index is 2.10. The van der Waals surface area contributed by atoms with Gasteiger partial charge in [-0.15, -0.1) is 0 Å². The molecule has 0 saturated carbocycles. The smallest absolute Gasteiger partial charge is 0.0406 e. The van der Waals surface area contributed by atoms with Crippen LogP contribution in [-0.2, 0) is 0 Å². The summed E-state index contributed by atoms with van der Waals surface area (Å²) in [5.74, 6) is 0. The van der Waals surface area contributed by atoms with Crippen molar-refractivity contribution in [1.82, 2.24) is 4.90 Å². The average Bonchev–Trinajstić information content (AvgIpc) is 2.42. The predicted molar refractivity (Wildman–Crippen MR) is 79.1 cm³/mol. The van der Waals surface area contributed by atoms with Crippen LogP contribution in [0.2, 0.25) is 5.02 Å². The zero-order chi connectivity index (χ0) is 12.8. The molecular formula is C16H24ClN. The van der Waals surface area contributed by atoms with Gasteiger partial charge in [-0.2, -0.15) is 0 Å². The fourth-order valence-electron chi connectivity index (χ4n) is 2.87. The Bertz CT molecular complexity index is 341. The minimum atomic E-state index is 0.600. The molecule has 100 valence electrons. The highest BCUT2D eigenvalue weighted by Crippen LogP contribution is 2.29. The summed E-state index contributed by atoms with van der Waals surface area (Å²) in [7, 11) is 0. The minimum absolute atomic E-state index is 0.600. The predicted octanol–water partition coefficient (Wildman–Crippen LogP) is 5.06. The third-order valence-corrected chi connectivity index (χ3v) is 4.17. The summed E-state index contributed by atoms with van der Waals surface area (Å²) in [6.07, 6.45) is 7.98. The van der Waals surface area contributed by atoms with Gasteiger partial charge in [-0.05, 0) is 50.0 Å². The molecule has 1 unspecified atom stereocenters. The van der Waals surface area contributed by atoms with E-state index in [-0.39, 0.29) is 0 Å². The van der Waals surface area contributed by atoms with E-state index in [1.165, 1.54) is 57.2 Å². The maximum absolute atomic E-state index is 5.99. The first-order valence-electron chi connectivity index (χ1n) is 7.31. The Morgan fingerprint density at radius 1 is 1.11 bits per heavy atom. The molecule has 0 spiro atoms. The molecule has 0 bridgehead atoms. The van der Waals surface area contributed by atoms with Crippen LogP contribution in [0.1, 0.15) is 57.1 Å². The summed E-state index contributed by atoms with van der Waals surface area (Å²) in [6.45, 7) is 4.79. The molecule has 2 rings (SSSR count). The minimum Gasteiger partial charge on any atom is -0.296 e. The normalized spacial score (nSPS) is 18.8. The molecule has 2 heteroatoms. The molecule has 1 nitrogen and oxygen atoms in total. The molecule has 0 radical (unpaired) electrons. The van der Waals surface area contributed by atoms with E-state index in [2.05, 4.69) is 24.0 Å². The van der Waals surface area contributed by atoms with Gasteiger partial charge < -0.3 is 0 Å². The van der Waals surface area contributed by atoms with Gasteiger partial charge in [-0.25, -0.2) is 0 Å². The van der Waals surface area contributed by atoms with Crippen molar-refractivity contribution in [2.75, 3.05) is 13.1 Å². The third kappa shape index (κ3) is 3.73. The molecule has 0 N–H and O–H groups in total. The van der Waals surface area contributed by atoms with Crippen LogP contribution in [0.15, 0.2) is 24.3 Å². The van der Waals surface area contributed by atoms with Gasteiger partial charge in [0.25, 0.3) is 0 Å². The summed E-state index contributed by atoms with van der Waals surface area (Å²) >= 11 is 5.99. The van der Waals surface area contributed by atoms with E-state index in [1.807, 2.05) is 12.1 Å². The average molecular weight is 266 g/mol. The number of halogens is 1. The lowest BCUT2D eigenvalue weighted by molar-refractivity contribution is 0.153. The molecule has 1 fully saturated rings. The standard InChI is InChI=1S/C16H24ClN/c1-2-3-7-16(18-12-5-4-6-13-18)14-8-10-15(17)11-9-14/h8-11,16H,2-7,12-13H2,1H3. The van der Waals surface area contributed by atoms with E-state index < -0.39 is 0 Å². The van der Waals surface area contributed by atoms with Crippen LogP contribution in [-0.4, -0.2) is 18.0 Å². The Labute approximate surface area is 116 Å². The molecule has 1 aliphatic heterocycles. The van der Waals surface area contributed by atoms with Gasteiger partial charge in [-0.3, -0.25) is 4.90 Å². The fourth-order valence-corrected chi connectivity index (χ4v) is 3.00. The number of nitrogens with zero attached hydrogens (tertiary/aromatic N) is 1. The second-order valence-corrected chi connectivity index (χ2v) is 5.74. The van der Waals surface area contributed by atoms with Crippen LogP contribution in [0.4, 0.5) is 0 Å². The van der Waals surface area contributed by atoms with Crippen LogP contribution in [0.5, 0.6) is 0 Å². The van der Waals surface area contributed by atoms with E-state index in [0.717, 1.165) is 5.02 Å². The van der Waals surface area contributed by atoms with Crippen molar-refractivity contribution < 1.29 is 0 Å². The first kappa shape index (κ1) is 13.9. The van der Waals surface area contributed by atoms with Crippen LogP contribution in [0.3, 0.4) is 0 Å². The fraction of sp³-hybridized carbons (Fsp3) is 0.625. The zero-order valence-electron chi connectivity index (χ0n) is 11.4. The summed E-state index contributed by atoms with van der Waals surface area (Å²) in [4.78, 5) is 2.67. The van der Waals surface area contributed by atoms with Crippen LogP contribution in [0.25, 0.3) is 0 Å². The SMILES string of the molecule is CCCCC(c1ccc(Cl)cc1)N1CCCCC1. The summed E-state index contributed by atoms with van der Waals surface area (Å²) < 4.78 is 0. The van der Waals surface area contributed by atoms with Crippen LogP contribution in [0, 0.1) is 0 Å². The number of hydrogen-bond donors (Lipinski definition) is 0. The molecule has 1 heterocycles. The zero-order valence-corrected chi connectivity index (χ0v) is 12.1. The second-order valence-electron chi connectivity index (χ2n) is 5.31. The Hall–Kier alpha value is -0.530. The monoisotopic (exact) mass is 265 g/mol. The second kappa shape index (κ2) is 7.16. The molecular weight excluding hydrogens is 242 g/mol. The van der Waals surface area contributed by atoms with E-state index >= 15 is 0 Å². The molecule has 1 aliphatic rings. The van der Waals surface area contributed by atoms with Gasteiger partial charge in [-0.1, -0.05) is 49.9 Å². The van der Waals surface area contributed by atoms with Crippen molar-refractivity contribution in [1.29, 1.82) is 0 Å². The lowest BCUT2D eigenvalue weighted by atomic mass is 9.97. The van der Waals surface area contributed by atoms with E-state index in [1.54, 1.807) is 0 Å². The third-order valence-electron chi connectivity index (χ3n) is 3.92. The van der Waals surface area contributed by atoms with Gasteiger partial charge in [0, 0.05) is 11.1 Å². The number of unbranched alkanes of at least 4 members (excludes halogenated alkanes) is 1. The number of rotatable bonds is 5. The van der Waals surface area contributed by atoms with Crippen molar-refractivity contribution in [3.8, 4) is 0 Å². The van der Waals surface area contributed by atoms with E-state index in [9.17, 15) is 0 Å². The first-order valence-corrected chi connectivity index (χ1v) is 7.68. The Morgan fingerprint density at radius 3 is 2.39 bits per heavy atom. The lowest BCUT2D eigenvalue weighted by Gasteiger charge is -2.35. The molecule has 0 amide bonds. The molecule has 1 aromatic rings. The number of hydrogen-bond acceptors (Lipinski definition) is 1. The summed E-state index contributed by atoms with van der Waals surface area (Å²) in [5, 5.41) is 0.839. The van der Waals surface area contributed by atoms with Crippen LogP contribution < -0.4 is 0 Å². The van der Waals surface area contributed by atoms with Gasteiger partial charge in [0.05, 0.1) is 0 Å². The van der Waals surface area contributed by atoms with E-state index in [0.29, 0.717) is 6.04 Å². The van der Waals surface area contributed by atoms with Crippen molar-refractivity contribution >= 4 is 11.6 Å². The highest BCUT2D eigenvalue weighted by atomic mass is 35.5. The molecule has 0 aliphatic carbocycles. The number of benzene rings is 1. The van der Waals surface area contributed by atoms with Crippen molar-refractivity contribution in [3.05, 3.63) is 34.9 Å². The number of piperidine rings is 1. The Kier molecular flexibility index (Phi) is 5.52. The first-order chi connectivity index (χ1) is 8.81. The quantitative estimate of drug-likeness (QED) is 0.720. The summed E-state index contributed by atoms with van der Waals surface area (Å²) in [6, 6.07) is 9.07. The molecule has 18 heavy (non-hydrogen) atoms. The van der Waals surface area contributed by atoms with Gasteiger partial charge >= 0.3 is 0 Å². The van der Waals surface area contributed by atoms with Gasteiger partial charge in [0.15, 0.2) is 0 Å². The van der Waals surface area contributed by atoms with Crippen molar-refractivity contribution in [2.24, 2.45) is 0 Å². The highest BCUT2D eigenvalue weighted by molar-refractivity contribution is 6.30. The largest absolute Gasteiger partial charge is 0.296 e. The molecule has 0 aromatic heterocycles. The number of likely N-dealkylation sites (tertiary alicyclic amines) is 1. The van der Waals surface area contributed by atoms with Crippen molar-refractivity contribution in [3.63, 3.8) is 0 Å². The maximum Gasteiger partial charge on any atom is 0.0406 e. The summed E-state index contributed by atoms with van der Waals surface area (Å²) in [5.41, 5.74) is 1.44.